The number of nitrogens with zero attached hydrogens (tertiary/aromatic N) is 1. The van der Waals surface area contributed by atoms with Crippen LogP contribution in [0.3, 0.4) is 0 Å². The molecule has 0 aromatic heterocycles. The van der Waals surface area contributed by atoms with E-state index in [0.29, 0.717) is 32.5 Å². The number of ether oxygens (including phenoxy) is 6. The van der Waals surface area contributed by atoms with E-state index in [1.807, 2.05) is 0 Å². The van der Waals surface area contributed by atoms with Gasteiger partial charge in [-0.3, -0.25) is 9.59 Å². The number of rotatable bonds is 45. The lowest BCUT2D eigenvalue weighted by atomic mass is 10.1. The van der Waals surface area contributed by atoms with Crippen molar-refractivity contribution in [3.05, 3.63) is 24.3 Å². The van der Waals surface area contributed by atoms with Gasteiger partial charge in [0.05, 0.1) is 18.9 Å². The van der Waals surface area contributed by atoms with Gasteiger partial charge in [-0.05, 0) is 70.9 Å². The summed E-state index contributed by atoms with van der Waals surface area (Å²) in [6, 6.07) is 0. The quantitative estimate of drug-likeness (QED) is 0.0193. The molecule has 1 unspecified atom stereocenters. The fraction of sp³-hybridized carbons (Fsp3) is 0.860. The first-order chi connectivity index (χ1) is 29.4. The van der Waals surface area contributed by atoms with Crippen molar-refractivity contribution in [2.45, 2.75) is 214 Å². The number of unbranched alkanes of at least 4 members (excludes halogenated alkanes) is 18. The van der Waals surface area contributed by atoms with Crippen LogP contribution in [-0.4, -0.2) is 88.6 Å². The van der Waals surface area contributed by atoms with E-state index in [1.165, 1.54) is 83.5 Å². The molecule has 0 aromatic rings. The van der Waals surface area contributed by atoms with Crippen molar-refractivity contribution in [3.63, 3.8) is 0 Å². The zero-order valence-electron chi connectivity index (χ0n) is 39.5. The molecule has 0 heterocycles. The number of allylic oxidation sites excluding steroid dienone is 4. The zero-order valence-corrected chi connectivity index (χ0v) is 39.5. The maximum absolute atomic E-state index is 12.9. The molecule has 0 aliphatic carbocycles. The molecule has 0 fully saturated rings. The lowest BCUT2D eigenvalue weighted by Crippen LogP contribution is -2.28. The van der Waals surface area contributed by atoms with Crippen LogP contribution in [0, 0.1) is 5.92 Å². The molecule has 0 spiro atoms. The zero-order chi connectivity index (χ0) is 44.0. The van der Waals surface area contributed by atoms with Gasteiger partial charge < -0.3 is 33.3 Å². The van der Waals surface area contributed by atoms with Crippen LogP contribution in [0.25, 0.3) is 0 Å². The highest BCUT2D eigenvalue weighted by atomic mass is 16.7. The van der Waals surface area contributed by atoms with E-state index in [2.05, 4.69) is 63.8 Å². The molecule has 0 rings (SSSR count). The Morgan fingerprint density at radius 3 is 1.48 bits per heavy atom. The molecule has 10 nitrogen and oxygen atoms in total. The van der Waals surface area contributed by atoms with Gasteiger partial charge in [-0.1, -0.05) is 155 Å². The lowest BCUT2D eigenvalue weighted by molar-refractivity contribution is -0.161. The SMILES string of the molecule is CCCCCC/C=C/C/C=C/CCCCCCC(=O)OCC(COC(=O)CCC(OCCCCCCCC)OCCCCCCCC)COC(=O)OCCCN(CC)CC. The molecule has 0 bridgehead atoms. The average molecular weight is 852 g/mol. The molecule has 1 atom stereocenters. The van der Waals surface area contributed by atoms with E-state index in [4.69, 9.17) is 28.4 Å². The highest BCUT2D eigenvalue weighted by Crippen LogP contribution is 2.14. The van der Waals surface area contributed by atoms with Crippen LogP contribution in [0.1, 0.15) is 208 Å². The van der Waals surface area contributed by atoms with Crippen molar-refractivity contribution in [3.8, 4) is 0 Å². The molecule has 60 heavy (non-hydrogen) atoms. The number of esters is 2. The fourth-order valence-corrected chi connectivity index (χ4v) is 6.65. The second-order valence-corrected chi connectivity index (χ2v) is 16.2. The minimum absolute atomic E-state index is 0.0231. The summed E-state index contributed by atoms with van der Waals surface area (Å²) in [5.74, 6) is -1.22. The topological polar surface area (TPSA) is 110 Å². The molecule has 0 amide bonds. The van der Waals surface area contributed by atoms with Gasteiger partial charge in [-0.2, -0.15) is 0 Å². The Morgan fingerprint density at radius 2 is 0.933 bits per heavy atom. The van der Waals surface area contributed by atoms with E-state index in [-0.39, 0.29) is 38.8 Å². The van der Waals surface area contributed by atoms with Crippen LogP contribution in [-0.2, 0) is 38.0 Å². The minimum Gasteiger partial charge on any atom is -0.465 e. The summed E-state index contributed by atoms with van der Waals surface area (Å²) in [5, 5.41) is 0. The highest BCUT2D eigenvalue weighted by molar-refractivity contribution is 5.69. The van der Waals surface area contributed by atoms with E-state index in [9.17, 15) is 14.4 Å². The van der Waals surface area contributed by atoms with Crippen LogP contribution in [0.5, 0.6) is 0 Å². The third kappa shape index (κ3) is 40.9. The van der Waals surface area contributed by atoms with Gasteiger partial charge in [0.25, 0.3) is 0 Å². The Kier molecular flexibility index (Phi) is 44.2. The molecule has 0 aromatic carbocycles. The third-order valence-electron chi connectivity index (χ3n) is 10.6. The predicted molar refractivity (Wildman–Crippen MR) is 246 cm³/mol. The Hall–Kier alpha value is -2.43. The predicted octanol–water partition coefficient (Wildman–Crippen LogP) is 13.2. The smallest absolute Gasteiger partial charge is 0.465 e. The standard InChI is InChI=1S/C50H93NO9/c1-6-11-14-17-20-21-22-23-24-25-26-27-28-29-32-36-47(52)58-43-46(45-60-50(54)57-42-35-39-51(9-4)10-5)44-59-48(53)37-38-49(55-40-33-30-18-15-12-7-2)56-41-34-31-19-16-13-8-3/h21-22,24-25,46,49H,6-20,23,26-45H2,1-5H3/b22-21+,25-24+. The fourth-order valence-electron chi connectivity index (χ4n) is 6.65. The van der Waals surface area contributed by atoms with Crippen molar-refractivity contribution in [1.82, 2.24) is 4.90 Å². The van der Waals surface area contributed by atoms with Crippen molar-refractivity contribution in [2.24, 2.45) is 5.92 Å². The van der Waals surface area contributed by atoms with Gasteiger partial charge in [0.1, 0.15) is 19.8 Å². The summed E-state index contributed by atoms with van der Waals surface area (Å²) in [6.45, 7) is 14.9. The molecule has 0 aliphatic heterocycles. The molecule has 0 saturated carbocycles. The van der Waals surface area contributed by atoms with Crippen LogP contribution in [0.15, 0.2) is 24.3 Å². The average Bonchev–Trinajstić information content (AvgIpc) is 3.25. The highest BCUT2D eigenvalue weighted by Gasteiger charge is 2.20. The van der Waals surface area contributed by atoms with Gasteiger partial charge in [-0.15, -0.1) is 0 Å². The molecule has 352 valence electrons. The van der Waals surface area contributed by atoms with Gasteiger partial charge in [0, 0.05) is 32.6 Å². The number of carbonyl (C=O) groups is 3. The Labute approximate surface area is 368 Å². The summed E-state index contributed by atoms with van der Waals surface area (Å²) < 4.78 is 34.1. The monoisotopic (exact) mass is 852 g/mol. The Balaban J connectivity index is 4.85. The van der Waals surface area contributed by atoms with E-state index in [1.54, 1.807) is 0 Å². The molecule has 10 heteroatoms. The molecular formula is C50H93NO9. The summed E-state index contributed by atoms with van der Waals surface area (Å²) in [4.78, 5) is 40.2. The molecule has 0 radical (unpaired) electrons. The van der Waals surface area contributed by atoms with Gasteiger partial charge >= 0.3 is 18.1 Å². The van der Waals surface area contributed by atoms with Crippen molar-refractivity contribution in [2.75, 3.05) is 59.3 Å². The minimum atomic E-state index is -0.783. The molecule has 0 N–H and O–H groups in total. The van der Waals surface area contributed by atoms with Crippen LogP contribution in [0.2, 0.25) is 0 Å². The third-order valence-corrected chi connectivity index (χ3v) is 10.6. The van der Waals surface area contributed by atoms with E-state index in [0.717, 1.165) is 83.8 Å². The number of hydrogen-bond donors (Lipinski definition) is 0. The Morgan fingerprint density at radius 1 is 0.467 bits per heavy atom. The first-order valence-electron chi connectivity index (χ1n) is 24.8. The molecule has 0 saturated heterocycles. The first kappa shape index (κ1) is 57.6. The van der Waals surface area contributed by atoms with Crippen LogP contribution >= 0.6 is 0 Å². The summed E-state index contributed by atoms with van der Waals surface area (Å²) >= 11 is 0. The largest absolute Gasteiger partial charge is 0.508 e. The second kappa shape index (κ2) is 46.1. The first-order valence-corrected chi connectivity index (χ1v) is 24.8. The maximum atomic E-state index is 12.9. The second-order valence-electron chi connectivity index (χ2n) is 16.2. The molecular weight excluding hydrogens is 759 g/mol. The van der Waals surface area contributed by atoms with Gasteiger partial charge in [-0.25, -0.2) is 4.79 Å². The maximum Gasteiger partial charge on any atom is 0.508 e. The van der Waals surface area contributed by atoms with Crippen molar-refractivity contribution < 1.29 is 42.8 Å². The molecule has 0 aliphatic rings. The summed E-state index contributed by atoms with van der Waals surface area (Å²) in [7, 11) is 0. The van der Waals surface area contributed by atoms with Gasteiger partial charge in [0.15, 0.2) is 6.29 Å². The number of carbonyl (C=O) groups excluding carboxylic acids is 3. The van der Waals surface area contributed by atoms with E-state index < -0.39 is 24.3 Å². The van der Waals surface area contributed by atoms with Crippen molar-refractivity contribution in [1.29, 1.82) is 0 Å². The van der Waals surface area contributed by atoms with E-state index >= 15 is 0 Å². The lowest BCUT2D eigenvalue weighted by Gasteiger charge is -2.20. The van der Waals surface area contributed by atoms with Gasteiger partial charge in [0.2, 0.25) is 0 Å². The summed E-state index contributed by atoms with van der Waals surface area (Å²) in [6.07, 6.45) is 35.7. The normalized spacial score (nSPS) is 12.2. The van der Waals surface area contributed by atoms with Crippen LogP contribution in [0.4, 0.5) is 4.79 Å². The Bertz CT molecular complexity index is 998. The number of hydrogen-bond acceptors (Lipinski definition) is 10. The van der Waals surface area contributed by atoms with Crippen molar-refractivity contribution >= 4 is 18.1 Å². The summed E-state index contributed by atoms with van der Waals surface area (Å²) in [5.41, 5.74) is 0. The van der Waals surface area contributed by atoms with Crippen LogP contribution < -0.4 is 0 Å².